The molecule has 0 bridgehead atoms. The summed E-state index contributed by atoms with van der Waals surface area (Å²) in [4.78, 5) is 19.7. The van der Waals surface area contributed by atoms with Crippen molar-refractivity contribution in [2.75, 3.05) is 30.5 Å². The van der Waals surface area contributed by atoms with E-state index in [0.717, 1.165) is 79.2 Å². The number of hydrogen-bond acceptors (Lipinski definition) is 8. The number of aryl methyl sites for hydroxylation is 1. The van der Waals surface area contributed by atoms with Gasteiger partial charge in [0.15, 0.2) is 0 Å². The van der Waals surface area contributed by atoms with Gasteiger partial charge in [0.2, 0.25) is 5.95 Å². The Labute approximate surface area is 222 Å². The highest BCUT2D eigenvalue weighted by Crippen LogP contribution is 2.38. The van der Waals surface area contributed by atoms with E-state index in [4.69, 9.17) is 14.8 Å². The van der Waals surface area contributed by atoms with Gasteiger partial charge in [-0.3, -0.25) is 0 Å². The second kappa shape index (κ2) is 10.3. The van der Waals surface area contributed by atoms with Gasteiger partial charge in [0.1, 0.15) is 11.6 Å². The summed E-state index contributed by atoms with van der Waals surface area (Å²) in [5, 5.41) is 18.4. The Balaban J connectivity index is 1.36. The Morgan fingerprint density at radius 2 is 2.05 bits per heavy atom. The number of imidazole rings is 1. The fourth-order valence-corrected chi connectivity index (χ4v) is 5.88. The molecule has 3 N–H and O–H groups in total. The largest absolute Gasteiger partial charge is 0.393 e. The summed E-state index contributed by atoms with van der Waals surface area (Å²) in [6.07, 6.45) is 8.03. The number of aromatic amines is 1. The summed E-state index contributed by atoms with van der Waals surface area (Å²) in [6, 6.07) is 6.59. The second-order valence-electron chi connectivity index (χ2n) is 10.7. The van der Waals surface area contributed by atoms with Crippen molar-refractivity contribution < 1.29 is 9.84 Å². The van der Waals surface area contributed by atoms with Crippen molar-refractivity contribution in [1.29, 1.82) is 0 Å². The predicted molar refractivity (Wildman–Crippen MR) is 146 cm³/mol. The topological polar surface area (TPSA) is 116 Å². The maximum absolute atomic E-state index is 10.1. The molecule has 2 aliphatic rings. The van der Waals surface area contributed by atoms with Gasteiger partial charge in [0, 0.05) is 49.5 Å². The molecule has 0 saturated heterocycles. The molecular weight excluding hydrogens is 480 g/mol. The van der Waals surface area contributed by atoms with Crippen LogP contribution >= 0.6 is 0 Å². The van der Waals surface area contributed by atoms with E-state index in [1.807, 2.05) is 30.8 Å². The third-order valence-electron chi connectivity index (χ3n) is 7.78. The first-order valence-electron chi connectivity index (χ1n) is 13.6. The molecule has 1 saturated carbocycles. The normalized spacial score (nSPS) is 20.5. The predicted octanol–water partition coefficient (Wildman–Crippen LogP) is 3.85. The fourth-order valence-electron chi connectivity index (χ4n) is 5.88. The summed E-state index contributed by atoms with van der Waals surface area (Å²) in [5.41, 5.74) is 6.67. The van der Waals surface area contributed by atoms with E-state index in [1.165, 1.54) is 11.4 Å². The maximum atomic E-state index is 10.1. The van der Waals surface area contributed by atoms with Crippen LogP contribution in [0.3, 0.4) is 0 Å². The molecule has 1 fully saturated rings. The molecular formula is C28H36N8O2. The Hall–Kier alpha value is -3.50. The number of aliphatic hydroxyl groups is 1. The van der Waals surface area contributed by atoms with Crippen LogP contribution in [-0.4, -0.2) is 67.1 Å². The zero-order valence-corrected chi connectivity index (χ0v) is 22.3. The zero-order valence-electron chi connectivity index (χ0n) is 22.3. The number of ether oxygens (including phenoxy) is 1. The van der Waals surface area contributed by atoms with Crippen LogP contribution in [0.4, 0.5) is 11.8 Å². The molecule has 0 amide bonds. The number of rotatable bonds is 7. The first-order chi connectivity index (χ1) is 18.5. The van der Waals surface area contributed by atoms with Gasteiger partial charge in [-0.1, -0.05) is 0 Å². The van der Waals surface area contributed by atoms with Gasteiger partial charge in [-0.25, -0.2) is 19.5 Å². The van der Waals surface area contributed by atoms with Crippen molar-refractivity contribution in [3.63, 3.8) is 0 Å². The summed E-state index contributed by atoms with van der Waals surface area (Å²) < 4.78 is 7.32. The lowest BCUT2D eigenvalue weighted by molar-refractivity contribution is 0.121. The van der Waals surface area contributed by atoms with Gasteiger partial charge in [0.25, 0.3) is 0 Å². The second-order valence-corrected chi connectivity index (χ2v) is 10.7. The summed E-state index contributed by atoms with van der Waals surface area (Å²) in [7, 11) is 1.69. The lowest BCUT2D eigenvalue weighted by Crippen LogP contribution is -2.31. The molecule has 0 spiro atoms. The number of hydrogen-bond donors (Lipinski definition) is 3. The average Bonchev–Trinajstić information content (AvgIpc) is 3.48. The van der Waals surface area contributed by atoms with Crippen LogP contribution in [0.2, 0.25) is 0 Å². The molecule has 1 atom stereocenters. The Morgan fingerprint density at radius 1 is 1.21 bits per heavy atom. The van der Waals surface area contributed by atoms with Crippen LogP contribution in [0.25, 0.3) is 16.6 Å². The van der Waals surface area contributed by atoms with Crippen molar-refractivity contribution in [3.05, 3.63) is 53.5 Å². The molecule has 4 aromatic rings. The van der Waals surface area contributed by atoms with E-state index in [1.54, 1.807) is 7.11 Å². The van der Waals surface area contributed by atoms with Gasteiger partial charge < -0.3 is 25.0 Å². The minimum atomic E-state index is -0.204. The van der Waals surface area contributed by atoms with Crippen LogP contribution in [0.1, 0.15) is 61.4 Å². The van der Waals surface area contributed by atoms with E-state index in [2.05, 4.69) is 43.4 Å². The van der Waals surface area contributed by atoms with Gasteiger partial charge in [-0.15, -0.1) is 5.10 Å². The van der Waals surface area contributed by atoms with E-state index >= 15 is 0 Å². The average molecular weight is 517 g/mol. The third kappa shape index (κ3) is 4.86. The summed E-state index contributed by atoms with van der Waals surface area (Å²) in [6.45, 7) is 6.29. The first kappa shape index (κ1) is 24.8. The van der Waals surface area contributed by atoms with Crippen molar-refractivity contribution in [2.45, 2.75) is 70.6 Å². The standard InChI is InChI=1S/C28H36N8O2/c1-17(16-38-3)31-28-30-14-26-22(13-25(36(26)34-28)19-4-6-21(37)7-5-19)20-8-10-29-27(12-20)35-11-9-23-24(15-35)33-18(2)32-23/h8,10,12-14,17,19,21,37H,4-7,9,11,15-16H2,1-3H3,(H,31,34)(H,32,33)/t17-,19?,21?/m0/s1. The smallest absolute Gasteiger partial charge is 0.241 e. The number of aromatic nitrogens is 6. The molecule has 10 heteroatoms. The highest BCUT2D eigenvalue weighted by Gasteiger charge is 2.26. The molecule has 0 radical (unpaired) electrons. The number of H-pyrrole nitrogens is 1. The molecule has 5 heterocycles. The SMILES string of the molecule is COC[C@H](C)Nc1ncc2c(-c3ccnc(N4CCc5nc(C)[nH]c5C4)c3)cc(C3CCC(O)CC3)n2n1. The van der Waals surface area contributed by atoms with Crippen LogP contribution in [0.15, 0.2) is 30.6 Å². The number of anilines is 2. The molecule has 6 rings (SSSR count). The lowest BCUT2D eigenvalue weighted by atomic mass is 9.85. The molecule has 1 aliphatic carbocycles. The van der Waals surface area contributed by atoms with Gasteiger partial charge in [0.05, 0.1) is 42.4 Å². The van der Waals surface area contributed by atoms with Gasteiger partial charge in [-0.05, 0) is 63.3 Å². The maximum Gasteiger partial charge on any atom is 0.241 e. The summed E-state index contributed by atoms with van der Waals surface area (Å²) >= 11 is 0. The Kier molecular flexibility index (Phi) is 6.75. The van der Waals surface area contributed by atoms with Gasteiger partial charge in [-0.2, -0.15) is 0 Å². The Morgan fingerprint density at radius 3 is 2.87 bits per heavy atom. The molecule has 200 valence electrons. The Bertz CT molecular complexity index is 1420. The van der Waals surface area contributed by atoms with Crippen LogP contribution in [0.5, 0.6) is 0 Å². The van der Waals surface area contributed by atoms with E-state index in [0.29, 0.717) is 18.5 Å². The minimum absolute atomic E-state index is 0.0900. The molecule has 38 heavy (non-hydrogen) atoms. The van der Waals surface area contributed by atoms with Gasteiger partial charge >= 0.3 is 0 Å². The molecule has 0 aromatic carbocycles. The van der Waals surface area contributed by atoms with Crippen molar-refractivity contribution in [1.82, 2.24) is 29.5 Å². The fraction of sp³-hybridized carbons (Fsp3) is 0.500. The van der Waals surface area contributed by atoms with Crippen molar-refractivity contribution >= 4 is 17.3 Å². The quantitative estimate of drug-likeness (QED) is 0.339. The number of methoxy groups -OCH3 is 1. The van der Waals surface area contributed by atoms with Crippen LogP contribution < -0.4 is 10.2 Å². The van der Waals surface area contributed by atoms with Crippen LogP contribution in [0, 0.1) is 6.92 Å². The van der Waals surface area contributed by atoms with Crippen molar-refractivity contribution in [3.8, 4) is 11.1 Å². The lowest BCUT2D eigenvalue weighted by Gasteiger charge is -2.27. The van der Waals surface area contributed by atoms with E-state index < -0.39 is 0 Å². The molecule has 0 unspecified atom stereocenters. The first-order valence-corrected chi connectivity index (χ1v) is 13.6. The monoisotopic (exact) mass is 516 g/mol. The van der Waals surface area contributed by atoms with Crippen molar-refractivity contribution in [2.24, 2.45) is 0 Å². The van der Waals surface area contributed by atoms with Crippen LogP contribution in [-0.2, 0) is 17.7 Å². The minimum Gasteiger partial charge on any atom is -0.393 e. The molecule has 4 aromatic heterocycles. The number of nitrogens with one attached hydrogen (secondary N) is 2. The number of nitrogens with zero attached hydrogens (tertiary/aromatic N) is 6. The molecule has 10 nitrogen and oxygen atoms in total. The number of fused-ring (bicyclic) bond motifs is 2. The van der Waals surface area contributed by atoms with E-state index in [-0.39, 0.29) is 12.1 Å². The highest BCUT2D eigenvalue weighted by atomic mass is 16.5. The zero-order chi connectivity index (χ0) is 26.2. The number of pyridine rings is 1. The summed E-state index contributed by atoms with van der Waals surface area (Å²) in [5.74, 6) is 2.83. The third-order valence-corrected chi connectivity index (χ3v) is 7.78. The van der Waals surface area contributed by atoms with E-state index in [9.17, 15) is 5.11 Å². The highest BCUT2D eigenvalue weighted by molar-refractivity contribution is 5.82. The number of aliphatic hydroxyl groups excluding tert-OH is 1. The molecule has 1 aliphatic heterocycles.